The lowest BCUT2D eigenvalue weighted by Gasteiger charge is -2.35. The number of urea groups is 1. The first-order valence-corrected chi connectivity index (χ1v) is 11.6. The molecule has 1 aromatic heterocycles. The van der Waals surface area contributed by atoms with Crippen molar-refractivity contribution in [3.63, 3.8) is 0 Å². The standard InChI is InChI=1S/C27H29N5O/c1-2-22-12-6-7-13-23(22)29-27(33)31-18-16-30(17-19-31)26-28-24-14-8-9-15-25(24)32(26)20-21-10-4-3-5-11-21/h3-15H,2,16-20H2,1H3,(H,29,33). The van der Waals surface area contributed by atoms with Gasteiger partial charge in [0.2, 0.25) is 5.95 Å². The number of nitrogens with zero attached hydrogens (tertiary/aromatic N) is 4. The summed E-state index contributed by atoms with van der Waals surface area (Å²) in [6.07, 6.45) is 0.891. The maximum absolute atomic E-state index is 12.9. The average Bonchev–Trinajstić information content (AvgIpc) is 3.23. The van der Waals surface area contributed by atoms with Gasteiger partial charge < -0.3 is 19.7 Å². The smallest absolute Gasteiger partial charge is 0.321 e. The summed E-state index contributed by atoms with van der Waals surface area (Å²) >= 11 is 0. The highest BCUT2D eigenvalue weighted by atomic mass is 16.2. The molecule has 1 aliphatic rings. The number of aromatic nitrogens is 2. The molecule has 5 rings (SSSR count). The van der Waals surface area contributed by atoms with Gasteiger partial charge in [-0.3, -0.25) is 0 Å². The van der Waals surface area contributed by atoms with Crippen LogP contribution < -0.4 is 10.2 Å². The zero-order chi connectivity index (χ0) is 22.6. The number of piperazine rings is 1. The highest BCUT2D eigenvalue weighted by molar-refractivity contribution is 5.90. The maximum Gasteiger partial charge on any atom is 0.321 e. The van der Waals surface area contributed by atoms with Gasteiger partial charge in [-0.1, -0.05) is 67.6 Å². The number of rotatable bonds is 5. The van der Waals surface area contributed by atoms with Crippen molar-refractivity contribution < 1.29 is 4.79 Å². The minimum absolute atomic E-state index is 0.0339. The molecule has 33 heavy (non-hydrogen) atoms. The number of amides is 2. The van der Waals surface area contributed by atoms with E-state index in [9.17, 15) is 4.79 Å². The Balaban J connectivity index is 1.32. The van der Waals surface area contributed by atoms with Crippen molar-refractivity contribution in [3.05, 3.63) is 90.0 Å². The third kappa shape index (κ3) is 4.42. The van der Waals surface area contributed by atoms with Gasteiger partial charge in [-0.05, 0) is 35.7 Å². The third-order valence-electron chi connectivity index (χ3n) is 6.31. The summed E-state index contributed by atoms with van der Waals surface area (Å²) in [5.74, 6) is 0.969. The molecule has 0 aliphatic carbocycles. The van der Waals surface area contributed by atoms with Crippen LogP contribution in [0, 0.1) is 0 Å². The summed E-state index contributed by atoms with van der Waals surface area (Å²) in [5, 5.41) is 3.10. The first-order chi connectivity index (χ1) is 16.2. The monoisotopic (exact) mass is 439 g/mol. The molecule has 1 aliphatic heterocycles. The van der Waals surface area contributed by atoms with Gasteiger partial charge in [-0.15, -0.1) is 0 Å². The van der Waals surface area contributed by atoms with Crippen LogP contribution in [0.15, 0.2) is 78.9 Å². The van der Waals surface area contributed by atoms with Crippen molar-refractivity contribution in [1.82, 2.24) is 14.5 Å². The minimum Gasteiger partial charge on any atom is -0.339 e. The van der Waals surface area contributed by atoms with Crippen LogP contribution in [-0.4, -0.2) is 46.7 Å². The Hall–Kier alpha value is -3.80. The molecule has 1 saturated heterocycles. The fourth-order valence-corrected chi connectivity index (χ4v) is 4.48. The number of aryl methyl sites for hydroxylation is 1. The van der Waals surface area contributed by atoms with Crippen molar-refractivity contribution in [2.45, 2.75) is 19.9 Å². The normalized spacial score (nSPS) is 14.0. The summed E-state index contributed by atoms with van der Waals surface area (Å²) in [6.45, 7) is 5.70. The van der Waals surface area contributed by atoms with Crippen LogP contribution in [0.1, 0.15) is 18.1 Å². The Labute approximate surface area is 194 Å². The van der Waals surface area contributed by atoms with Gasteiger partial charge in [-0.2, -0.15) is 0 Å². The number of carbonyl (C=O) groups excluding carboxylic acids is 1. The summed E-state index contributed by atoms with van der Waals surface area (Å²) in [6, 6.07) is 26.7. The molecule has 4 aromatic rings. The SMILES string of the molecule is CCc1ccccc1NC(=O)N1CCN(c2nc3ccccc3n2Cc2ccccc2)CC1. The first kappa shape index (κ1) is 21.1. The predicted octanol–water partition coefficient (Wildman–Crippen LogP) is 5.00. The highest BCUT2D eigenvalue weighted by Gasteiger charge is 2.25. The summed E-state index contributed by atoms with van der Waals surface area (Å²) in [7, 11) is 0. The molecule has 6 heteroatoms. The van der Waals surface area contributed by atoms with E-state index in [-0.39, 0.29) is 6.03 Å². The fourth-order valence-electron chi connectivity index (χ4n) is 4.48. The molecule has 1 fully saturated rings. The van der Waals surface area contributed by atoms with Crippen LogP contribution >= 0.6 is 0 Å². The van der Waals surface area contributed by atoms with Crippen LogP contribution in [-0.2, 0) is 13.0 Å². The van der Waals surface area contributed by atoms with E-state index in [1.807, 2.05) is 35.2 Å². The quantitative estimate of drug-likeness (QED) is 0.476. The van der Waals surface area contributed by atoms with E-state index >= 15 is 0 Å². The molecule has 0 unspecified atom stereocenters. The average molecular weight is 440 g/mol. The molecule has 1 N–H and O–H groups in total. The number of hydrogen-bond donors (Lipinski definition) is 1. The van der Waals surface area contributed by atoms with E-state index in [0.29, 0.717) is 13.1 Å². The highest BCUT2D eigenvalue weighted by Crippen LogP contribution is 2.25. The van der Waals surface area contributed by atoms with Gasteiger partial charge in [0.25, 0.3) is 0 Å². The predicted molar refractivity (Wildman–Crippen MR) is 134 cm³/mol. The molecular weight excluding hydrogens is 410 g/mol. The molecule has 0 spiro atoms. The molecule has 2 heterocycles. The van der Waals surface area contributed by atoms with Crippen LogP contribution in [0.25, 0.3) is 11.0 Å². The van der Waals surface area contributed by atoms with Crippen molar-refractivity contribution in [3.8, 4) is 0 Å². The molecular formula is C27H29N5O. The molecule has 0 atom stereocenters. The van der Waals surface area contributed by atoms with Gasteiger partial charge in [0, 0.05) is 31.9 Å². The fraction of sp³-hybridized carbons (Fsp3) is 0.259. The lowest BCUT2D eigenvalue weighted by molar-refractivity contribution is 0.208. The Morgan fingerprint density at radius 3 is 2.36 bits per heavy atom. The van der Waals surface area contributed by atoms with Crippen LogP contribution in [0.5, 0.6) is 0 Å². The Bertz CT molecular complexity index is 1240. The second-order valence-electron chi connectivity index (χ2n) is 8.39. The van der Waals surface area contributed by atoms with E-state index in [1.165, 1.54) is 5.56 Å². The number of fused-ring (bicyclic) bond motifs is 1. The van der Waals surface area contributed by atoms with E-state index in [4.69, 9.17) is 4.98 Å². The summed E-state index contributed by atoms with van der Waals surface area (Å²) in [5.41, 5.74) is 5.43. The van der Waals surface area contributed by atoms with Gasteiger partial charge in [0.1, 0.15) is 0 Å². The third-order valence-corrected chi connectivity index (χ3v) is 6.31. The number of carbonyl (C=O) groups is 1. The molecule has 2 amide bonds. The second-order valence-corrected chi connectivity index (χ2v) is 8.39. The van der Waals surface area contributed by atoms with Crippen molar-refractivity contribution in [1.29, 1.82) is 0 Å². The van der Waals surface area contributed by atoms with Crippen LogP contribution in [0.3, 0.4) is 0 Å². The van der Waals surface area contributed by atoms with E-state index in [2.05, 4.69) is 70.2 Å². The first-order valence-electron chi connectivity index (χ1n) is 11.6. The lowest BCUT2D eigenvalue weighted by atomic mass is 10.1. The van der Waals surface area contributed by atoms with Crippen LogP contribution in [0.2, 0.25) is 0 Å². The zero-order valence-corrected chi connectivity index (χ0v) is 18.9. The molecule has 6 nitrogen and oxygen atoms in total. The van der Waals surface area contributed by atoms with E-state index in [0.717, 1.165) is 54.3 Å². The topological polar surface area (TPSA) is 53.4 Å². The largest absolute Gasteiger partial charge is 0.339 e. The number of para-hydroxylation sites is 3. The Kier molecular flexibility index (Phi) is 5.98. The minimum atomic E-state index is -0.0339. The van der Waals surface area contributed by atoms with Gasteiger partial charge >= 0.3 is 6.03 Å². The Morgan fingerprint density at radius 1 is 0.879 bits per heavy atom. The summed E-state index contributed by atoms with van der Waals surface area (Å²) < 4.78 is 2.29. The van der Waals surface area contributed by atoms with Crippen molar-refractivity contribution in [2.75, 3.05) is 36.4 Å². The Morgan fingerprint density at radius 2 is 1.58 bits per heavy atom. The summed E-state index contributed by atoms with van der Waals surface area (Å²) in [4.78, 5) is 22.1. The van der Waals surface area contributed by atoms with Crippen molar-refractivity contribution in [2.24, 2.45) is 0 Å². The van der Waals surface area contributed by atoms with E-state index < -0.39 is 0 Å². The molecule has 0 bridgehead atoms. The van der Waals surface area contributed by atoms with Crippen LogP contribution in [0.4, 0.5) is 16.4 Å². The number of benzene rings is 3. The molecule has 0 radical (unpaired) electrons. The van der Waals surface area contributed by atoms with Gasteiger partial charge in [0.15, 0.2) is 0 Å². The lowest BCUT2D eigenvalue weighted by Crippen LogP contribution is -2.50. The molecule has 3 aromatic carbocycles. The van der Waals surface area contributed by atoms with E-state index in [1.54, 1.807) is 0 Å². The van der Waals surface area contributed by atoms with Gasteiger partial charge in [-0.25, -0.2) is 9.78 Å². The van der Waals surface area contributed by atoms with Crippen molar-refractivity contribution >= 4 is 28.7 Å². The maximum atomic E-state index is 12.9. The number of hydrogen-bond acceptors (Lipinski definition) is 3. The second kappa shape index (κ2) is 9.36. The number of anilines is 2. The number of imidazole rings is 1. The zero-order valence-electron chi connectivity index (χ0n) is 18.9. The molecule has 0 saturated carbocycles. The number of nitrogens with one attached hydrogen (secondary N) is 1. The molecule has 168 valence electrons. The van der Waals surface area contributed by atoms with Gasteiger partial charge in [0.05, 0.1) is 17.6 Å².